The summed E-state index contributed by atoms with van der Waals surface area (Å²) in [6, 6.07) is 13.2. The van der Waals surface area contributed by atoms with Crippen molar-refractivity contribution >= 4 is 22.6 Å². The molecule has 0 spiro atoms. The fourth-order valence-corrected chi connectivity index (χ4v) is 23.1. The van der Waals surface area contributed by atoms with Crippen LogP contribution in [0.1, 0.15) is 48.6 Å². The van der Waals surface area contributed by atoms with Crippen molar-refractivity contribution < 1.29 is 47.5 Å². The summed E-state index contributed by atoms with van der Waals surface area (Å²) >= 11 is 0. The second-order valence-electron chi connectivity index (χ2n) is 23.1. The number of ether oxygens (including phenoxy) is 8. The van der Waals surface area contributed by atoms with Gasteiger partial charge >= 0.3 is 0 Å². The Bertz CT molecular complexity index is 2610. The molecule has 7 saturated carbocycles. The molecule has 10 bridgehead atoms. The molecule has 0 aromatic heterocycles. The molecule has 2 aromatic carbocycles. The second kappa shape index (κ2) is 12.0. The lowest BCUT2D eigenvalue weighted by atomic mass is 9.22. The van der Waals surface area contributed by atoms with E-state index in [9.17, 15) is 10.5 Å². The predicted octanol–water partition coefficient (Wildman–Crippen LogP) is 5.26. The van der Waals surface area contributed by atoms with Crippen LogP contribution < -0.4 is 9.47 Å². The van der Waals surface area contributed by atoms with Gasteiger partial charge in [-0.1, -0.05) is 0 Å². The third-order valence-corrected chi connectivity index (χ3v) is 23.4. The van der Waals surface area contributed by atoms with Gasteiger partial charge in [-0.05, 0) is 114 Å². The minimum atomic E-state index is -1.21. The Hall–Kier alpha value is -4.08. The predicted molar refractivity (Wildman–Crippen MR) is 231 cm³/mol. The number of hydrogen-bond acceptors (Lipinski definition) is 12. The molecule has 5 saturated heterocycles. The molecule has 13 nitrogen and oxygen atoms in total. The van der Waals surface area contributed by atoms with Crippen LogP contribution in [0.25, 0.3) is 10.8 Å². The lowest BCUT2D eigenvalue weighted by Gasteiger charge is -2.78. The Morgan fingerprint density at radius 1 is 0.636 bits per heavy atom. The molecule has 22 atom stereocenters. The molecule has 2 amide bonds. The number of hydrogen-bond donors (Lipinski definition) is 0. The van der Waals surface area contributed by atoms with Crippen LogP contribution in [0.15, 0.2) is 35.4 Å². The number of nitrogens with zero attached hydrogens (tertiary/aromatic N) is 3. The first-order valence-electron chi connectivity index (χ1n) is 24.4. The highest BCUT2D eigenvalue weighted by Crippen LogP contribution is 2.98. The van der Waals surface area contributed by atoms with Crippen LogP contribution in [0.2, 0.25) is 0 Å². The molecule has 15 rings (SSSR count). The van der Waals surface area contributed by atoms with Crippen molar-refractivity contribution in [2.24, 2.45) is 91.7 Å². The lowest BCUT2D eigenvalue weighted by molar-refractivity contribution is -0.330. The zero-order valence-corrected chi connectivity index (χ0v) is 38.6. The van der Waals surface area contributed by atoms with E-state index in [4.69, 9.17) is 37.9 Å². The van der Waals surface area contributed by atoms with E-state index < -0.39 is 46.1 Å². The normalized spacial score (nSPS) is 52.6. The average molecular weight is 896 g/mol. The Morgan fingerprint density at radius 3 is 1.41 bits per heavy atom. The van der Waals surface area contributed by atoms with Crippen molar-refractivity contribution in [1.29, 1.82) is 10.5 Å². The Morgan fingerprint density at radius 2 is 1.03 bits per heavy atom. The van der Waals surface area contributed by atoms with E-state index in [0.29, 0.717) is 43.8 Å². The molecule has 13 heteroatoms. The molecule has 13 aliphatic rings. The van der Waals surface area contributed by atoms with Crippen LogP contribution in [0.4, 0.5) is 0 Å². The molecular weight excluding hydrogens is 839 g/mol. The summed E-state index contributed by atoms with van der Waals surface area (Å²) in [5.41, 5.74) is -0.0997. The molecule has 8 aliphatic carbocycles. The van der Waals surface area contributed by atoms with Gasteiger partial charge in [0.25, 0.3) is 0 Å². The summed E-state index contributed by atoms with van der Waals surface area (Å²) in [5, 5.41) is 22.5. The number of likely N-dealkylation sites (tertiary alicyclic amines) is 1. The summed E-state index contributed by atoms with van der Waals surface area (Å²) in [6.45, 7) is 1.96. The zero-order valence-electron chi connectivity index (χ0n) is 38.6. The third-order valence-electron chi connectivity index (χ3n) is 23.4. The van der Waals surface area contributed by atoms with Gasteiger partial charge < -0.3 is 37.9 Å². The van der Waals surface area contributed by atoms with Crippen molar-refractivity contribution in [1.82, 2.24) is 4.90 Å². The van der Waals surface area contributed by atoms with E-state index in [1.807, 2.05) is 12.1 Å². The van der Waals surface area contributed by atoms with E-state index in [1.165, 1.54) is 16.0 Å². The summed E-state index contributed by atoms with van der Waals surface area (Å²) < 4.78 is 53.0. The van der Waals surface area contributed by atoms with Gasteiger partial charge in [0.2, 0.25) is 11.8 Å². The first-order valence-corrected chi connectivity index (χ1v) is 24.4. The summed E-state index contributed by atoms with van der Waals surface area (Å²) in [4.78, 5) is 33.2. The summed E-state index contributed by atoms with van der Waals surface area (Å²) in [7, 11) is 12.3. The number of amides is 2. The summed E-state index contributed by atoms with van der Waals surface area (Å²) in [5.74, 6) is 2.70. The molecule has 5 heterocycles. The van der Waals surface area contributed by atoms with E-state index in [-0.39, 0.29) is 81.8 Å². The Labute approximate surface area is 384 Å². The lowest BCUT2D eigenvalue weighted by Crippen LogP contribution is -2.85. The molecular formula is C53H57N3O10. The number of rotatable bonds is 10. The number of benzene rings is 2. The highest BCUT2D eigenvalue weighted by Gasteiger charge is 3.05. The van der Waals surface area contributed by atoms with E-state index >= 15 is 9.59 Å². The minimum absolute atomic E-state index is 0.0546. The first kappa shape index (κ1) is 39.9. The van der Waals surface area contributed by atoms with Gasteiger partial charge in [-0.25, -0.2) is 0 Å². The molecule has 12 fully saturated rings. The number of nitriles is 2. The second-order valence-corrected chi connectivity index (χ2v) is 23.1. The minimum Gasteiger partial charge on any atom is -0.496 e. The Kier molecular flexibility index (Phi) is 7.26. The van der Waals surface area contributed by atoms with Gasteiger partial charge in [-0.2, -0.15) is 10.5 Å². The van der Waals surface area contributed by atoms with Gasteiger partial charge in [0.05, 0.1) is 65.1 Å². The maximum absolute atomic E-state index is 15.9. The van der Waals surface area contributed by atoms with E-state index in [1.54, 1.807) is 49.7 Å². The van der Waals surface area contributed by atoms with Crippen molar-refractivity contribution in [3.63, 3.8) is 0 Å². The summed E-state index contributed by atoms with van der Waals surface area (Å²) in [6.07, 6.45) is 1.72. The number of imide groups is 1. The number of fused-ring (bicyclic) bond motifs is 35. The van der Waals surface area contributed by atoms with Crippen molar-refractivity contribution in [2.75, 3.05) is 76.1 Å². The van der Waals surface area contributed by atoms with Gasteiger partial charge in [-0.3, -0.25) is 14.5 Å². The van der Waals surface area contributed by atoms with Crippen molar-refractivity contribution in [3.8, 4) is 23.6 Å². The van der Waals surface area contributed by atoms with Gasteiger partial charge in [0, 0.05) is 91.6 Å². The SMILES string of the molecule is COC[C@@]12[C@@H]3[C@@H]([C@@H]4O[C@H]3[C@]35C(=O)N(C)C(=O)[C@]43[C@@H]3O[C@H]5[C@@H]4[C@H]3[C@]3(COC)[C@H]5C[C@H]([C@H]6[C@@H]5[C@H]5CC[C@@H]6C5=C(C#N)C#N)[C@]43COC)[C@]1(COC)[C@H]1C[C@@H]2c2cc3c(OC)ccc(OC)c3cc21. The number of carbonyl (C=O) groups is 2. The molecule has 0 radical (unpaired) electrons. The van der Waals surface area contributed by atoms with Crippen molar-refractivity contribution in [2.45, 2.75) is 61.9 Å². The van der Waals surface area contributed by atoms with Crippen LogP contribution in [0.5, 0.6) is 11.5 Å². The zero-order chi connectivity index (χ0) is 45.1. The smallest absolute Gasteiger partial charge is 0.241 e. The molecule has 5 aliphatic heterocycles. The van der Waals surface area contributed by atoms with E-state index in [2.05, 4.69) is 24.3 Å². The molecule has 344 valence electrons. The fraction of sp³-hybridized carbons (Fsp3) is 0.698. The van der Waals surface area contributed by atoms with Gasteiger partial charge in [-0.15, -0.1) is 0 Å². The van der Waals surface area contributed by atoms with Crippen molar-refractivity contribution in [3.05, 3.63) is 46.5 Å². The monoisotopic (exact) mass is 895 g/mol. The van der Waals surface area contributed by atoms with Crippen LogP contribution in [0.3, 0.4) is 0 Å². The fourth-order valence-electron chi connectivity index (χ4n) is 23.1. The van der Waals surface area contributed by atoms with E-state index in [0.717, 1.165) is 53.5 Å². The highest BCUT2D eigenvalue weighted by molar-refractivity contribution is 6.13. The van der Waals surface area contributed by atoms with Crippen LogP contribution >= 0.6 is 0 Å². The maximum atomic E-state index is 15.9. The first-order chi connectivity index (χ1) is 32.1. The van der Waals surface area contributed by atoms with Gasteiger partial charge in [0.1, 0.15) is 40.0 Å². The molecule has 0 N–H and O–H groups in total. The average Bonchev–Trinajstić information content (AvgIpc) is 4.21. The van der Waals surface area contributed by atoms with Crippen LogP contribution in [-0.2, 0) is 38.0 Å². The topological polar surface area (TPSA) is 159 Å². The quantitative estimate of drug-likeness (QED) is 0.132. The number of methoxy groups -OCH3 is 6. The molecule has 66 heavy (non-hydrogen) atoms. The molecule has 0 unspecified atom stereocenters. The Balaban J connectivity index is 0.933. The van der Waals surface area contributed by atoms with Crippen LogP contribution in [0, 0.1) is 114 Å². The standard InChI is InChI=1S/C53H57N3O10/c1-56-46(57)52-42-38-39(49(19-60-3)30-14-29(48(38,49)18-59-2)25-12-27-28(13-26(25)30)34(64-7)11-10-33(27)63-6)43(65-42)53(52,47(56)58)45-41-40(44(52)66-45)50(20-61-4)31-15-32(51(41,50)21-62-5)37-24-9-8-23(36(31)37)35(24)22(16-54)17-55/h10-13,23-24,29-32,36-45H,8-9,14-15,18-21H2,1-7H3/t23-,24+,29-,30+,31-,32+,36+,37-,38-,39+,40+,41-,42-,43+,44+,45-,48-,49+,50-,51+,52+,53-. The van der Waals surface area contributed by atoms with Gasteiger partial charge in [0.15, 0.2) is 0 Å². The maximum Gasteiger partial charge on any atom is 0.241 e. The van der Waals surface area contributed by atoms with Crippen LogP contribution in [-0.4, -0.2) is 117 Å². The third kappa shape index (κ3) is 3.25. The largest absolute Gasteiger partial charge is 0.496 e. The highest BCUT2D eigenvalue weighted by atomic mass is 16.6. The number of allylic oxidation sites excluding steroid dienone is 2. The molecule has 2 aromatic rings. The number of carbonyl (C=O) groups excluding carboxylic acids is 2.